The van der Waals surface area contributed by atoms with Gasteiger partial charge in [0, 0.05) is 16.6 Å². The van der Waals surface area contributed by atoms with E-state index in [1.807, 2.05) is 0 Å². The quantitative estimate of drug-likeness (QED) is 0.456. The molecule has 0 radical (unpaired) electrons. The summed E-state index contributed by atoms with van der Waals surface area (Å²) in [6.45, 7) is 0. The molecule has 0 aliphatic carbocycles. The molecular weight excluding hydrogens is 115 g/mol. The summed E-state index contributed by atoms with van der Waals surface area (Å²) in [6.07, 6.45) is -0.270. The molecule has 0 saturated carbocycles. The Balaban J connectivity index is 2.40. The number of halogens is 1. The Morgan fingerprint density at radius 1 is 1.71 bits per heavy atom. The van der Waals surface area contributed by atoms with Crippen LogP contribution >= 0.6 is 0 Å². The van der Waals surface area contributed by atoms with E-state index in [1.54, 1.807) is 0 Å². The molecule has 0 aromatic carbocycles. The third-order valence-electron chi connectivity index (χ3n) is 1.03. The molecule has 7 heavy (non-hydrogen) atoms. The van der Waals surface area contributed by atoms with E-state index in [2.05, 4.69) is 0 Å². The smallest absolute Gasteiger partial charge is 0.112 e. The second-order valence-corrected chi connectivity index (χ2v) is 3.32. The van der Waals surface area contributed by atoms with Gasteiger partial charge in [-0.05, 0) is 6.42 Å². The van der Waals surface area contributed by atoms with Gasteiger partial charge >= 0.3 is 0 Å². The van der Waals surface area contributed by atoms with Crippen molar-refractivity contribution >= 4 is 10.8 Å². The Morgan fingerprint density at radius 2 is 2.43 bits per heavy atom. The second-order valence-electron chi connectivity index (χ2n) is 1.70. The molecule has 1 fully saturated rings. The number of rotatable bonds is 0. The monoisotopic (exact) mass is 122 g/mol. The molecule has 1 aliphatic rings. The standard InChI is InChI=1S/C4H7FOS/c5-4-1-2-7(6)3-4/h4H,1-3H2. The molecule has 1 saturated heterocycles. The van der Waals surface area contributed by atoms with Gasteiger partial charge in [0.15, 0.2) is 0 Å². The largest absolute Gasteiger partial charge is 0.259 e. The lowest BCUT2D eigenvalue weighted by atomic mass is 10.4. The van der Waals surface area contributed by atoms with Crippen LogP contribution in [0.1, 0.15) is 6.42 Å². The molecule has 0 spiro atoms. The summed E-state index contributed by atoms with van der Waals surface area (Å²) >= 11 is 0. The highest BCUT2D eigenvalue weighted by Crippen LogP contribution is 2.09. The van der Waals surface area contributed by atoms with Crippen LogP contribution < -0.4 is 0 Å². The molecule has 0 amide bonds. The van der Waals surface area contributed by atoms with Crippen LogP contribution in [0.15, 0.2) is 0 Å². The average molecular weight is 122 g/mol. The van der Waals surface area contributed by atoms with E-state index in [1.165, 1.54) is 0 Å². The van der Waals surface area contributed by atoms with Crippen molar-refractivity contribution in [2.45, 2.75) is 12.6 Å². The second kappa shape index (κ2) is 1.90. The minimum atomic E-state index is -0.828. The van der Waals surface area contributed by atoms with Crippen molar-refractivity contribution in [3.63, 3.8) is 0 Å². The lowest BCUT2D eigenvalue weighted by Gasteiger charge is -1.85. The van der Waals surface area contributed by atoms with Crippen LogP contribution in [0.3, 0.4) is 0 Å². The van der Waals surface area contributed by atoms with E-state index < -0.39 is 17.0 Å². The predicted octanol–water partition coefficient (Wildman–Crippen LogP) is 0.477. The molecule has 2 unspecified atom stereocenters. The van der Waals surface area contributed by atoms with Gasteiger partial charge in [-0.3, -0.25) is 4.21 Å². The molecule has 2 atom stereocenters. The fourth-order valence-corrected chi connectivity index (χ4v) is 1.88. The first-order valence-electron chi connectivity index (χ1n) is 2.28. The highest BCUT2D eigenvalue weighted by atomic mass is 32.2. The maximum atomic E-state index is 12.0. The van der Waals surface area contributed by atoms with Crippen molar-refractivity contribution in [1.29, 1.82) is 0 Å². The highest BCUT2D eigenvalue weighted by Gasteiger charge is 2.19. The third-order valence-corrected chi connectivity index (χ3v) is 2.45. The predicted molar refractivity (Wildman–Crippen MR) is 27.4 cm³/mol. The Hall–Kier alpha value is 0.0800. The molecule has 3 heteroatoms. The fourth-order valence-electron chi connectivity index (χ4n) is 0.628. The summed E-state index contributed by atoms with van der Waals surface area (Å²) in [7, 11) is -0.828. The Kier molecular flexibility index (Phi) is 1.42. The first kappa shape index (κ1) is 5.22. The fraction of sp³-hybridized carbons (Fsp3) is 1.00. The van der Waals surface area contributed by atoms with Crippen LogP contribution in [0.5, 0.6) is 0 Å². The van der Waals surface area contributed by atoms with Crippen molar-refractivity contribution < 1.29 is 8.60 Å². The van der Waals surface area contributed by atoms with E-state index in [0.717, 1.165) is 0 Å². The van der Waals surface area contributed by atoms with Crippen molar-refractivity contribution in [3.8, 4) is 0 Å². The Morgan fingerprint density at radius 3 is 2.57 bits per heavy atom. The van der Waals surface area contributed by atoms with Gasteiger partial charge in [0.05, 0.1) is 5.75 Å². The Labute approximate surface area is 44.4 Å². The van der Waals surface area contributed by atoms with E-state index >= 15 is 0 Å². The van der Waals surface area contributed by atoms with Crippen molar-refractivity contribution in [1.82, 2.24) is 0 Å². The van der Waals surface area contributed by atoms with Crippen LogP contribution in [0.2, 0.25) is 0 Å². The van der Waals surface area contributed by atoms with Crippen LogP contribution in [-0.2, 0) is 10.8 Å². The normalized spacial score (nSPS) is 41.9. The van der Waals surface area contributed by atoms with E-state index in [0.29, 0.717) is 12.2 Å². The van der Waals surface area contributed by atoms with Crippen molar-refractivity contribution in [2.24, 2.45) is 0 Å². The zero-order valence-corrected chi connectivity index (χ0v) is 4.71. The molecule has 1 nitrogen and oxygen atoms in total. The van der Waals surface area contributed by atoms with Gasteiger partial charge in [-0.1, -0.05) is 0 Å². The number of hydrogen-bond acceptors (Lipinski definition) is 1. The molecular formula is C4H7FOS. The zero-order chi connectivity index (χ0) is 5.28. The molecule has 1 heterocycles. The summed E-state index contributed by atoms with van der Waals surface area (Å²) in [5.74, 6) is 0.848. The summed E-state index contributed by atoms with van der Waals surface area (Å²) in [5.41, 5.74) is 0. The molecule has 0 aromatic heterocycles. The highest BCUT2D eigenvalue weighted by molar-refractivity contribution is 7.85. The van der Waals surface area contributed by atoms with Gasteiger partial charge in [0.1, 0.15) is 6.17 Å². The summed E-state index contributed by atoms with van der Waals surface area (Å²) in [4.78, 5) is 0. The molecule has 1 aliphatic heterocycles. The zero-order valence-electron chi connectivity index (χ0n) is 3.89. The van der Waals surface area contributed by atoms with E-state index in [-0.39, 0.29) is 5.75 Å². The molecule has 42 valence electrons. The van der Waals surface area contributed by atoms with Gasteiger partial charge in [0.25, 0.3) is 0 Å². The molecule has 1 rings (SSSR count). The Bertz CT molecular complexity index is 93.7. The number of alkyl halides is 1. The van der Waals surface area contributed by atoms with Crippen LogP contribution in [0.25, 0.3) is 0 Å². The first-order chi connectivity index (χ1) is 3.29. The van der Waals surface area contributed by atoms with Gasteiger partial charge in [-0.15, -0.1) is 0 Å². The van der Waals surface area contributed by atoms with E-state index in [4.69, 9.17) is 0 Å². The minimum absolute atomic E-state index is 0.278. The third kappa shape index (κ3) is 1.23. The van der Waals surface area contributed by atoms with Crippen molar-refractivity contribution in [2.75, 3.05) is 11.5 Å². The van der Waals surface area contributed by atoms with Gasteiger partial charge in [-0.25, -0.2) is 4.39 Å². The van der Waals surface area contributed by atoms with Crippen LogP contribution in [0.4, 0.5) is 4.39 Å². The van der Waals surface area contributed by atoms with Gasteiger partial charge < -0.3 is 0 Å². The summed E-state index contributed by atoms with van der Waals surface area (Å²) in [5, 5.41) is 0. The lowest BCUT2D eigenvalue weighted by Crippen LogP contribution is -1.97. The van der Waals surface area contributed by atoms with Crippen LogP contribution in [0, 0.1) is 0 Å². The molecule has 0 N–H and O–H groups in total. The maximum absolute atomic E-state index is 12.0. The van der Waals surface area contributed by atoms with Crippen molar-refractivity contribution in [3.05, 3.63) is 0 Å². The molecule has 0 bridgehead atoms. The number of hydrogen-bond donors (Lipinski definition) is 0. The lowest BCUT2D eigenvalue weighted by molar-refractivity contribution is 0.370. The van der Waals surface area contributed by atoms with Gasteiger partial charge in [0.2, 0.25) is 0 Å². The topological polar surface area (TPSA) is 17.1 Å². The summed E-state index contributed by atoms with van der Waals surface area (Å²) in [6, 6.07) is 0. The maximum Gasteiger partial charge on any atom is 0.112 e. The minimum Gasteiger partial charge on any atom is -0.259 e. The average Bonchev–Trinajstić information content (AvgIpc) is 1.87. The van der Waals surface area contributed by atoms with Gasteiger partial charge in [-0.2, -0.15) is 0 Å². The van der Waals surface area contributed by atoms with E-state index in [9.17, 15) is 8.60 Å². The first-order valence-corrected chi connectivity index (χ1v) is 3.77. The molecule has 0 aromatic rings. The SMILES string of the molecule is O=S1CCC(F)C1. The summed E-state index contributed by atoms with van der Waals surface area (Å²) < 4.78 is 22.3. The van der Waals surface area contributed by atoms with Crippen LogP contribution in [-0.4, -0.2) is 21.9 Å².